The van der Waals surface area contributed by atoms with E-state index in [-0.39, 0.29) is 11.6 Å². The summed E-state index contributed by atoms with van der Waals surface area (Å²) in [6.45, 7) is 1.98. The molecule has 0 spiro atoms. The number of benzene rings is 1. The molecule has 104 valence electrons. The van der Waals surface area contributed by atoms with E-state index in [0.717, 1.165) is 15.4 Å². The Kier molecular flexibility index (Phi) is 5.18. The first-order valence-electron chi connectivity index (χ1n) is 6.66. The first-order valence-corrected chi connectivity index (χ1v) is 7.48. The monoisotopic (exact) mass is 287 g/mol. The molecule has 1 aromatic heterocycles. The maximum absolute atomic E-state index is 11.9. The molecule has 20 heavy (non-hydrogen) atoms. The van der Waals surface area contributed by atoms with Crippen LogP contribution < -0.4 is 0 Å². The highest BCUT2D eigenvalue weighted by molar-refractivity contribution is 7.11. The summed E-state index contributed by atoms with van der Waals surface area (Å²) in [7, 11) is 0. The maximum Gasteiger partial charge on any atom is 0.162 e. The lowest BCUT2D eigenvalue weighted by Crippen LogP contribution is -2.05. The number of aryl methyl sites for hydroxylation is 1. The summed E-state index contributed by atoms with van der Waals surface area (Å²) in [6.07, 6.45) is 3.64. The van der Waals surface area contributed by atoms with Crippen LogP contribution in [0, 0.1) is 6.92 Å². The lowest BCUT2D eigenvalue weighted by atomic mass is 10.0. The SMILES string of the molecule is Cc1cnc(CC(=O)CCCC(=O)c2ccccc2)s1. The fourth-order valence-corrected chi connectivity index (χ4v) is 2.77. The second-order valence-electron chi connectivity index (χ2n) is 4.72. The van der Waals surface area contributed by atoms with Gasteiger partial charge in [-0.05, 0) is 13.3 Å². The Balaban J connectivity index is 1.73. The first-order chi connectivity index (χ1) is 9.65. The Hall–Kier alpha value is -1.81. The molecule has 0 aliphatic carbocycles. The summed E-state index contributed by atoms with van der Waals surface area (Å²) in [5.41, 5.74) is 0.718. The molecule has 0 fully saturated rings. The van der Waals surface area contributed by atoms with Gasteiger partial charge in [0.2, 0.25) is 0 Å². The molecule has 0 unspecified atom stereocenters. The molecule has 0 bridgehead atoms. The number of ketones is 2. The van der Waals surface area contributed by atoms with Crippen LogP contribution in [0.1, 0.15) is 39.5 Å². The Morgan fingerprint density at radius 1 is 1.15 bits per heavy atom. The van der Waals surface area contributed by atoms with Gasteiger partial charge in [-0.3, -0.25) is 9.59 Å². The van der Waals surface area contributed by atoms with E-state index in [1.165, 1.54) is 0 Å². The lowest BCUT2D eigenvalue weighted by Gasteiger charge is -2.00. The van der Waals surface area contributed by atoms with Gasteiger partial charge < -0.3 is 0 Å². The molecule has 2 aromatic rings. The average molecular weight is 287 g/mol. The Bertz CT molecular complexity index is 590. The van der Waals surface area contributed by atoms with Gasteiger partial charge >= 0.3 is 0 Å². The smallest absolute Gasteiger partial charge is 0.162 e. The zero-order chi connectivity index (χ0) is 14.4. The third kappa shape index (κ3) is 4.38. The highest BCUT2D eigenvalue weighted by Gasteiger charge is 2.09. The predicted molar refractivity (Wildman–Crippen MR) is 80.2 cm³/mol. The second kappa shape index (κ2) is 7.10. The number of carbonyl (C=O) groups excluding carboxylic acids is 2. The molecule has 0 amide bonds. The number of thiazole rings is 1. The third-order valence-corrected chi connectivity index (χ3v) is 3.89. The van der Waals surface area contributed by atoms with E-state index in [1.54, 1.807) is 17.5 Å². The minimum absolute atomic E-state index is 0.100. The van der Waals surface area contributed by atoms with Crippen molar-refractivity contribution in [2.45, 2.75) is 32.6 Å². The van der Waals surface area contributed by atoms with Crippen LogP contribution in [0.5, 0.6) is 0 Å². The van der Waals surface area contributed by atoms with Gasteiger partial charge in [0, 0.05) is 29.5 Å². The largest absolute Gasteiger partial charge is 0.299 e. The number of carbonyl (C=O) groups is 2. The molecule has 0 radical (unpaired) electrons. The highest BCUT2D eigenvalue weighted by atomic mass is 32.1. The topological polar surface area (TPSA) is 47.0 Å². The number of hydrogen-bond acceptors (Lipinski definition) is 4. The average Bonchev–Trinajstić information content (AvgIpc) is 2.85. The summed E-state index contributed by atoms with van der Waals surface area (Å²) >= 11 is 1.55. The highest BCUT2D eigenvalue weighted by Crippen LogP contribution is 2.14. The molecule has 0 aliphatic heterocycles. The van der Waals surface area contributed by atoms with Crippen molar-refractivity contribution in [3.05, 3.63) is 52.0 Å². The van der Waals surface area contributed by atoms with Crippen molar-refractivity contribution in [3.8, 4) is 0 Å². The summed E-state index contributed by atoms with van der Waals surface area (Å²) in [4.78, 5) is 29.0. The van der Waals surface area contributed by atoms with E-state index in [4.69, 9.17) is 0 Å². The molecule has 1 aromatic carbocycles. The minimum Gasteiger partial charge on any atom is -0.299 e. The molecule has 0 atom stereocenters. The number of hydrogen-bond donors (Lipinski definition) is 0. The zero-order valence-corrected chi connectivity index (χ0v) is 12.3. The van der Waals surface area contributed by atoms with Crippen LogP contribution in [0.2, 0.25) is 0 Å². The molecule has 0 N–H and O–H groups in total. The van der Waals surface area contributed by atoms with Gasteiger partial charge in [-0.25, -0.2) is 4.98 Å². The van der Waals surface area contributed by atoms with Crippen molar-refractivity contribution >= 4 is 22.9 Å². The summed E-state index contributed by atoms with van der Waals surface area (Å²) in [5.74, 6) is 0.253. The second-order valence-corrected chi connectivity index (χ2v) is 6.04. The summed E-state index contributed by atoms with van der Waals surface area (Å²) < 4.78 is 0. The fraction of sp³-hybridized carbons (Fsp3) is 0.312. The van der Waals surface area contributed by atoms with Gasteiger partial charge in [0.05, 0.1) is 6.42 Å². The van der Waals surface area contributed by atoms with Crippen LogP contribution >= 0.6 is 11.3 Å². The zero-order valence-electron chi connectivity index (χ0n) is 11.5. The van der Waals surface area contributed by atoms with Gasteiger partial charge in [0.1, 0.15) is 10.8 Å². The molecular formula is C16H17NO2S. The first kappa shape index (κ1) is 14.6. The van der Waals surface area contributed by atoms with E-state index >= 15 is 0 Å². The van der Waals surface area contributed by atoms with Gasteiger partial charge in [0.15, 0.2) is 5.78 Å². The number of aromatic nitrogens is 1. The van der Waals surface area contributed by atoms with E-state index < -0.39 is 0 Å². The van der Waals surface area contributed by atoms with Crippen molar-refractivity contribution < 1.29 is 9.59 Å². The Morgan fingerprint density at radius 3 is 2.55 bits per heavy atom. The number of rotatable bonds is 7. The van der Waals surface area contributed by atoms with Crippen LogP contribution in [0.4, 0.5) is 0 Å². The summed E-state index contributed by atoms with van der Waals surface area (Å²) in [6, 6.07) is 9.20. The molecule has 3 nitrogen and oxygen atoms in total. The lowest BCUT2D eigenvalue weighted by molar-refractivity contribution is -0.118. The Morgan fingerprint density at radius 2 is 1.90 bits per heavy atom. The third-order valence-electron chi connectivity index (χ3n) is 2.97. The van der Waals surface area contributed by atoms with E-state index in [1.807, 2.05) is 37.3 Å². The van der Waals surface area contributed by atoms with Gasteiger partial charge in [-0.1, -0.05) is 30.3 Å². The quantitative estimate of drug-likeness (QED) is 0.731. The van der Waals surface area contributed by atoms with Crippen LogP contribution in [-0.2, 0) is 11.2 Å². The van der Waals surface area contributed by atoms with Crippen molar-refractivity contribution in [2.24, 2.45) is 0 Å². The molecule has 0 saturated carbocycles. The number of Topliss-reactive ketones (excluding diaryl/α,β-unsaturated/α-hetero) is 2. The van der Waals surface area contributed by atoms with Crippen molar-refractivity contribution in [2.75, 3.05) is 0 Å². The predicted octanol–water partition coefficient (Wildman–Crippen LogP) is 3.62. The maximum atomic E-state index is 11.9. The molecular weight excluding hydrogens is 270 g/mol. The number of nitrogens with zero attached hydrogens (tertiary/aromatic N) is 1. The van der Waals surface area contributed by atoms with Gasteiger partial charge in [0.25, 0.3) is 0 Å². The molecule has 0 aliphatic rings. The van der Waals surface area contributed by atoms with Crippen LogP contribution in [0.3, 0.4) is 0 Å². The van der Waals surface area contributed by atoms with Crippen molar-refractivity contribution in [1.29, 1.82) is 0 Å². The van der Waals surface area contributed by atoms with E-state index in [0.29, 0.717) is 25.7 Å². The normalized spacial score (nSPS) is 10.4. The van der Waals surface area contributed by atoms with Crippen molar-refractivity contribution in [1.82, 2.24) is 4.98 Å². The van der Waals surface area contributed by atoms with Crippen LogP contribution in [-0.4, -0.2) is 16.6 Å². The van der Waals surface area contributed by atoms with Crippen molar-refractivity contribution in [3.63, 3.8) is 0 Å². The molecule has 1 heterocycles. The fourth-order valence-electron chi connectivity index (χ4n) is 1.95. The van der Waals surface area contributed by atoms with E-state index in [2.05, 4.69) is 4.98 Å². The molecule has 2 rings (SSSR count). The van der Waals surface area contributed by atoms with Gasteiger partial charge in [-0.15, -0.1) is 11.3 Å². The Labute approximate surface area is 122 Å². The summed E-state index contributed by atoms with van der Waals surface area (Å²) in [5, 5.41) is 0.863. The standard InChI is InChI=1S/C16H17NO2S/c1-12-11-17-16(20-12)10-14(18)8-5-9-15(19)13-6-3-2-4-7-13/h2-4,6-7,11H,5,8-10H2,1H3. The minimum atomic E-state index is 0.100. The van der Waals surface area contributed by atoms with Gasteiger partial charge in [-0.2, -0.15) is 0 Å². The molecule has 0 saturated heterocycles. The van der Waals surface area contributed by atoms with Crippen LogP contribution in [0.15, 0.2) is 36.5 Å². The van der Waals surface area contributed by atoms with E-state index in [9.17, 15) is 9.59 Å². The van der Waals surface area contributed by atoms with Crippen LogP contribution in [0.25, 0.3) is 0 Å². The molecule has 4 heteroatoms.